The minimum absolute atomic E-state index is 0.582. The predicted molar refractivity (Wildman–Crippen MR) is 86.1 cm³/mol. The molecule has 22 heavy (non-hydrogen) atoms. The number of anilines is 2. The number of rotatable bonds is 3. The molecular formula is C16H13N3O2S. The van der Waals surface area contributed by atoms with Crippen LogP contribution in [-0.2, 0) is 0 Å². The molecule has 0 unspecified atom stereocenters. The van der Waals surface area contributed by atoms with Gasteiger partial charge in [0.1, 0.15) is 13.2 Å². The van der Waals surface area contributed by atoms with E-state index in [-0.39, 0.29) is 0 Å². The van der Waals surface area contributed by atoms with Crippen molar-refractivity contribution in [3.63, 3.8) is 0 Å². The van der Waals surface area contributed by atoms with E-state index in [1.807, 2.05) is 41.9 Å². The Labute approximate surface area is 131 Å². The van der Waals surface area contributed by atoms with Gasteiger partial charge in [-0.15, -0.1) is 11.3 Å². The van der Waals surface area contributed by atoms with E-state index in [0.29, 0.717) is 13.2 Å². The Morgan fingerprint density at radius 1 is 1.09 bits per heavy atom. The normalized spacial score (nSPS) is 12.9. The molecule has 0 bridgehead atoms. The van der Waals surface area contributed by atoms with Gasteiger partial charge >= 0.3 is 0 Å². The van der Waals surface area contributed by atoms with Gasteiger partial charge in [0.15, 0.2) is 16.6 Å². The fourth-order valence-electron chi connectivity index (χ4n) is 2.22. The minimum Gasteiger partial charge on any atom is -0.486 e. The Hall–Kier alpha value is -2.60. The largest absolute Gasteiger partial charge is 0.486 e. The fourth-order valence-corrected chi connectivity index (χ4v) is 2.96. The first kappa shape index (κ1) is 13.1. The Bertz CT molecular complexity index is 789. The number of nitrogens with zero attached hydrogens (tertiary/aromatic N) is 2. The summed E-state index contributed by atoms with van der Waals surface area (Å²) in [6, 6.07) is 9.70. The smallest absolute Gasteiger partial charge is 0.187 e. The highest BCUT2D eigenvalue weighted by Gasteiger charge is 2.12. The van der Waals surface area contributed by atoms with Crippen molar-refractivity contribution in [2.45, 2.75) is 0 Å². The van der Waals surface area contributed by atoms with Gasteiger partial charge in [0.05, 0.1) is 5.69 Å². The van der Waals surface area contributed by atoms with Crippen molar-refractivity contribution in [1.29, 1.82) is 0 Å². The third-order valence-corrected chi connectivity index (χ3v) is 4.01. The van der Waals surface area contributed by atoms with Crippen LogP contribution in [-0.4, -0.2) is 23.2 Å². The SMILES string of the molecule is c1cncc(-c2csc(Nc3ccc4c(c3)OCCO4)n2)c1. The zero-order valence-electron chi connectivity index (χ0n) is 11.7. The van der Waals surface area contributed by atoms with Crippen molar-refractivity contribution in [1.82, 2.24) is 9.97 Å². The Morgan fingerprint density at radius 2 is 2.00 bits per heavy atom. The van der Waals surface area contributed by atoms with E-state index < -0.39 is 0 Å². The second-order valence-corrected chi connectivity index (χ2v) is 5.62. The summed E-state index contributed by atoms with van der Waals surface area (Å²) in [6.07, 6.45) is 3.56. The maximum absolute atomic E-state index is 5.59. The molecule has 0 fully saturated rings. The van der Waals surface area contributed by atoms with E-state index in [1.54, 1.807) is 17.5 Å². The summed E-state index contributed by atoms with van der Waals surface area (Å²) in [5.41, 5.74) is 2.85. The van der Waals surface area contributed by atoms with Crippen LogP contribution in [0.4, 0.5) is 10.8 Å². The molecule has 3 heterocycles. The van der Waals surface area contributed by atoms with Crippen LogP contribution in [0.2, 0.25) is 0 Å². The van der Waals surface area contributed by atoms with Crippen molar-refractivity contribution in [3.05, 3.63) is 48.1 Å². The lowest BCUT2D eigenvalue weighted by atomic mass is 10.2. The maximum Gasteiger partial charge on any atom is 0.187 e. The number of hydrogen-bond donors (Lipinski definition) is 1. The first-order valence-corrected chi connectivity index (χ1v) is 7.79. The molecule has 5 nitrogen and oxygen atoms in total. The first-order valence-electron chi connectivity index (χ1n) is 6.91. The van der Waals surface area contributed by atoms with Crippen molar-refractivity contribution in [2.75, 3.05) is 18.5 Å². The van der Waals surface area contributed by atoms with Gasteiger partial charge in [0, 0.05) is 35.1 Å². The molecule has 1 aliphatic heterocycles. The van der Waals surface area contributed by atoms with Crippen LogP contribution in [0.5, 0.6) is 11.5 Å². The third kappa shape index (κ3) is 2.60. The quantitative estimate of drug-likeness (QED) is 0.799. The molecule has 2 aromatic heterocycles. The summed E-state index contributed by atoms with van der Waals surface area (Å²) in [7, 11) is 0. The van der Waals surface area contributed by atoms with E-state index in [0.717, 1.165) is 33.6 Å². The number of hydrogen-bond acceptors (Lipinski definition) is 6. The van der Waals surface area contributed by atoms with Crippen LogP contribution in [0.3, 0.4) is 0 Å². The van der Waals surface area contributed by atoms with E-state index in [9.17, 15) is 0 Å². The standard InChI is InChI=1S/C16H13N3O2S/c1-2-11(9-17-5-1)13-10-22-16(19-13)18-12-3-4-14-15(8-12)21-7-6-20-14/h1-5,8-10H,6-7H2,(H,18,19). The number of benzene rings is 1. The second kappa shape index (κ2) is 5.65. The van der Waals surface area contributed by atoms with Gasteiger partial charge in [0.25, 0.3) is 0 Å². The molecule has 4 rings (SSSR count). The van der Waals surface area contributed by atoms with Crippen molar-refractivity contribution in [3.8, 4) is 22.8 Å². The highest BCUT2D eigenvalue weighted by molar-refractivity contribution is 7.14. The molecule has 0 spiro atoms. The Morgan fingerprint density at radius 3 is 2.86 bits per heavy atom. The molecule has 6 heteroatoms. The van der Waals surface area contributed by atoms with Gasteiger partial charge in [-0.2, -0.15) is 0 Å². The third-order valence-electron chi connectivity index (χ3n) is 3.25. The zero-order chi connectivity index (χ0) is 14.8. The molecule has 1 N–H and O–H groups in total. The van der Waals surface area contributed by atoms with Gasteiger partial charge in [-0.25, -0.2) is 4.98 Å². The number of aromatic nitrogens is 2. The minimum atomic E-state index is 0.582. The van der Waals surface area contributed by atoms with Gasteiger partial charge < -0.3 is 14.8 Å². The molecular weight excluding hydrogens is 298 g/mol. The van der Waals surface area contributed by atoms with Gasteiger partial charge in [-0.3, -0.25) is 4.98 Å². The van der Waals surface area contributed by atoms with E-state index in [2.05, 4.69) is 15.3 Å². The van der Waals surface area contributed by atoms with Crippen LogP contribution in [0.15, 0.2) is 48.1 Å². The lowest BCUT2D eigenvalue weighted by Crippen LogP contribution is -2.15. The molecule has 0 aliphatic carbocycles. The Kier molecular flexibility index (Phi) is 3.36. The van der Waals surface area contributed by atoms with Crippen molar-refractivity contribution >= 4 is 22.2 Å². The zero-order valence-corrected chi connectivity index (χ0v) is 12.5. The average Bonchev–Trinajstić information content (AvgIpc) is 3.04. The predicted octanol–water partition coefficient (Wildman–Crippen LogP) is 3.72. The number of pyridine rings is 1. The fraction of sp³-hybridized carbons (Fsp3) is 0.125. The highest BCUT2D eigenvalue weighted by atomic mass is 32.1. The summed E-state index contributed by atoms with van der Waals surface area (Å²) >= 11 is 1.55. The van der Waals surface area contributed by atoms with Crippen LogP contribution in [0, 0.1) is 0 Å². The summed E-state index contributed by atoms with van der Waals surface area (Å²) in [5.74, 6) is 1.55. The molecule has 1 aromatic carbocycles. The number of thiazole rings is 1. The van der Waals surface area contributed by atoms with E-state index in [4.69, 9.17) is 9.47 Å². The van der Waals surface area contributed by atoms with Crippen molar-refractivity contribution < 1.29 is 9.47 Å². The lowest BCUT2D eigenvalue weighted by Gasteiger charge is -2.18. The summed E-state index contributed by atoms with van der Waals surface area (Å²) in [5, 5.41) is 6.14. The Balaban J connectivity index is 1.55. The maximum atomic E-state index is 5.59. The summed E-state index contributed by atoms with van der Waals surface area (Å²) in [6.45, 7) is 1.18. The first-order chi connectivity index (χ1) is 10.9. The number of nitrogens with one attached hydrogen (secondary N) is 1. The molecule has 0 amide bonds. The van der Waals surface area contributed by atoms with Crippen molar-refractivity contribution in [2.24, 2.45) is 0 Å². The monoisotopic (exact) mass is 311 g/mol. The molecule has 1 aliphatic rings. The summed E-state index contributed by atoms with van der Waals surface area (Å²) < 4.78 is 11.1. The molecule has 0 atom stereocenters. The number of fused-ring (bicyclic) bond motifs is 1. The lowest BCUT2D eigenvalue weighted by molar-refractivity contribution is 0.171. The molecule has 110 valence electrons. The van der Waals surface area contributed by atoms with E-state index in [1.165, 1.54) is 0 Å². The molecule has 3 aromatic rings. The molecule has 0 radical (unpaired) electrons. The highest BCUT2D eigenvalue weighted by Crippen LogP contribution is 2.34. The topological polar surface area (TPSA) is 56.3 Å². The average molecular weight is 311 g/mol. The molecule has 0 saturated heterocycles. The van der Waals surface area contributed by atoms with Gasteiger partial charge in [-0.1, -0.05) is 0 Å². The van der Waals surface area contributed by atoms with Crippen LogP contribution < -0.4 is 14.8 Å². The summed E-state index contributed by atoms with van der Waals surface area (Å²) in [4.78, 5) is 8.70. The van der Waals surface area contributed by atoms with Gasteiger partial charge in [0.2, 0.25) is 0 Å². The van der Waals surface area contributed by atoms with Crippen LogP contribution in [0.25, 0.3) is 11.3 Å². The molecule has 0 saturated carbocycles. The number of ether oxygens (including phenoxy) is 2. The van der Waals surface area contributed by atoms with Gasteiger partial charge in [-0.05, 0) is 24.3 Å². The van der Waals surface area contributed by atoms with Crippen LogP contribution >= 0.6 is 11.3 Å². The second-order valence-electron chi connectivity index (χ2n) is 4.76. The van der Waals surface area contributed by atoms with Crippen LogP contribution in [0.1, 0.15) is 0 Å². The van der Waals surface area contributed by atoms with E-state index >= 15 is 0 Å².